The molecule has 2 rings (SSSR count). The van der Waals surface area contributed by atoms with Crippen LogP contribution in [-0.4, -0.2) is 12.6 Å². The summed E-state index contributed by atoms with van der Waals surface area (Å²) in [5.74, 6) is 0.944. The van der Waals surface area contributed by atoms with Crippen molar-refractivity contribution in [1.29, 1.82) is 0 Å². The predicted octanol–water partition coefficient (Wildman–Crippen LogP) is 3.64. The van der Waals surface area contributed by atoms with Crippen LogP contribution in [0.15, 0.2) is 48.5 Å². The molecular weight excluding hydrogens is 234 g/mol. The Morgan fingerprint density at radius 2 is 1.79 bits per heavy atom. The molecule has 0 saturated carbocycles. The lowest BCUT2D eigenvalue weighted by Crippen LogP contribution is -2.18. The lowest BCUT2D eigenvalue weighted by Gasteiger charge is -2.14. The van der Waals surface area contributed by atoms with Gasteiger partial charge in [-0.15, -0.1) is 0 Å². The van der Waals surface area contributed by atoms with Crippen LogP contribution < -0.4 is 10.5 Å². The van der Waals surface area contributed by atoms with Crippen LogP contribution >= 0.6 is 0 Å². The van der Waals surface area contributed by atoms with Crippen molar-refractivity contribution >= 4 is 0 Å². The Balaban J connectivity index is 2.37. The highest BCUT2D eigenvalue weighted by Crippen LogP contribution is 2.27. The maximum atomic E-state index is 5.92. The molecule has 0 saturated heterocycles. The monoisotopic (exact) mass is 255 g/mol. The van der Waals surface area contributed by atoms with Crippen molar-refractivity contribution in [2.24, 2.45) is 5.73 Å². The van der Waals surface area contributed by atoms with E-state index in [1.165, 1.54) is 16.7 Å². The predicted molar refractivity (Wildman–Crippen MR) is 80.4 cm³/mol. The van der Waals surface area contributed by atoms with Crippen LogP contribution in [-0.2, 0) is 6.42 Å². The van der Waals surface area contributed by atoms with Gasteiger partial charge in [0.1, 0.15) is 5.75 Å². The Morgan fingerprint density at radius 3 is 2.42 bits per heavy atom. The van der Waals surface area contributed by atoms with Crippen molar-refractivity contribution in [3.05, 3.63) is 54.1 Å². The topological polar surface area (TPSA) is 35.2 Å². The third-order valence-corrected chi connectivity index (χ3v) is 3.01. The second-order valence-electron chi connectivity index (χ2n) is 4.80. The molecule has 0 amide bonds. The summed E-state index contributed by atoms with van der Waals surface area (Å²) >= 11 is 0. The highest BCUT2D eigenvalue weighted by atomic mass is 16.5. The Hall–Kier alpha value is -1.80. The summed E-state index contributed by atoms with van der Waals surface area (Å²) in [4.78, 5) is 0. The molecule has 0 fully saturated rings. The Kier molecular flexibility index (Phi) is 4.58. The molecule has 0 bridgehead atoms. The minimum atomic E-state index is 0.130. The minimum absolute atomic E-state index is 0.130. The number of hydrogen-bond donors (Lipinski definition) is 1. The quantitative estimate of drug-likeness (QED) is 0.885. The summed E-state index contributed by atoms with van der Waals surface area (Å²) in [6, 6.07) is 16.8. The molecule has 100 valence electrons. The van der Waals surface area contributed by atoms with E-state index in [2.05, 4.69) is 36.4 Å². The summed E-state index contributed by atoms with van der Waals surface area (Å²) in [5.41, 5.74) is 9.53. The molecule has 0 aliphatic heterocycles. The van der Waals surface area contributed by atoms with Crippen molar-refractivity contribution in [3.63, 3.8) is 0 Å². The van der Waals surface area contributed by atoms with Gasteiger partial charge < -0.3 is 10.5 Å². The van der Waals surface area contributed by atoms with Crippen LogP contribution in [0, 0.1) is 0 Å². The minimum Gasteiger partial charge on any atom is -0.494 e. The molecule has 1 unspecified atom stereocenters. The Morgan fingerprint density at radius 1 is 1.05 bits per heavy atom. The van der Waals surface area contributed by atoms with E-state index in [1.54, 1.807) is 0 Å². The van der Waals surface area contributed by atoms with Gasteiger partial charge in [-0.05, 0) is 49.1 Å². The molecule has 0 spiro atoms. The van der Waals surface area contributed by atoms with Gasteiger partial charge in [-0.3, -0.25) is 0 Å². The molecule has 0 radical (unpaired) electrons. The first-order chi connectivity index (χ1) is 9.20. The molecule has 0 aliphatic rings. The molecule has 2 N–H and O–H groups in total. The van der Waals surface area contributed by atoms with E-state index in [4.69, 9.17) is 10.5 Å². The van der Waals surface area contributed by atoms with E-state index >= 15 is 0 Å². The molecule has 0 heterocycles. The standard InChI is InChI=1S/C17H21NO/c1-3-19-17-10-9-15(12-16(17)11-13(2)18)14-7-5-4-6-8-14/h4-10,12-13H,3,11,18H2,1-2H3. The van der Waals surface area contributed by atoms with E-state index in [0.29, 0.717) is 6.61 Å². The van der Waals surface area contributed by atoms with Gasteiger partial charge in [-0.25, -0.2) is 0 Å². The fourth-order valence-corrected chi connectivity index (χ4v) is 2.19. The molecule has 0 aliphatic carbocycles. The van der Waals surface area contributed by atoms with Crippen molar-refractivity contribution in [2.75, 3.05) is 6.61 Å². The normalized spacial score (nSPS) is 12.2. The smallest absolute Gasteiger partial charge is 0.122 e. The second-order valence-corrected chi connectivity index (χ2v) is 4.80. The molecule has 0 aromatic heterocycles. The average molecular weight is 255 g/mol. The first-order valence-corrected chi connectivity index (χ1v) is 6.77. The number of ether oxygens (including phenoxy) is 1. The molecule has 2 heteroatoms. The number of nitrogens with two attached hydrogens (primary N) is 1. The third-order valence-electron chi connectivity index (χ3n) is 3.01. The van der Waals surface area contributed by atoms with Gasteiger partial charge in [-0.1, -0.05) is 36.4 Å². The van der Waals surface area contributed by atoms with Gasteiger partial charge in [0.15, 0.2) is 0 Å². The Labute approximate surface area is 115 Å². The van der Waals surface area contributed by atoms with Crippen molar-refractivity contribution in [2.45, 2.75) is 26.3 Å². The van der Waals surface area contributed by atoms with Gasteiger partial charge in [0, 0.05) is 6.04 Å². The second kappa shape index (κ2) is 6.39. The van der Waals surface area contributed by atoms with Crippen LogP contribution in [0.25, 0.3) is 11.1 Å². The zero-order chi connectivity index (χ0) is 13.7. The maximum Gasteiger partial charge on any atom is 0.122 e. The van der Waals surface area contributed by atoms with E-state index in [1.807, 2.05) is 26.0 Å². The van der Waals surface area contributed by atoms with E-state index in [9.17, 15) is 0 Å². The van der Waals surface area contributed by atoms with Crippen molar-refractivity contribution in [1.82, 2.24) is 0 Å². The van der Waals surface area contributed by atoms with Crippen LogP contribution in [0.4, 0.5) is 0 Å². The summed E-state index contributed by atoms with van der Waals surface area (Å²) in [6.45, 7) is 4.70. The summed E-state index contributed by atoms with van der Waals surface area (Å²) in [6.07, 6.45) is 0.829. The van der Waals surface area contributed by atoms with E-state index in [-0.39, 0.29) is 6.04 Å². The largest absolute Gasteiger partial charge is 0.494 e. The lowest BCUT2D eigenvalue weighted by atomic mass is 9.99. The van der Waals surface area contributed by atoms with Crippen molar-refractivity contribution in [3.8, 4) is 16.9 Å². The lowest BCUT2D eigenvalue weighted by molar-refractivity contribution is 0.336. The maximum absolute atomic E-state index is 5.92. The highest BCUT2D eigenvalue weighted by Gasteiger charge is 2.08. The first-order valence-electron chi connectivity index (χ1n) is 6.77. The van der Waals surface area contributed by atoms with Gasteiger partial charge in [0.2, 0.25) is 0 Å². The first kappa shape index (κ1) is 13.6. The molecule has 2 aromatic carbocycles. The highest BCUT2D eigenvalue weighted by molar-refractivity contribution is 5.65. The molecule has 2 aromatic rings. The number of hydrogen-bond acceptors (Lipinski definition) is 2. The molecule has 19 heavy (non-hydrogen) atoms. The third kappa shape index (κ3) is 3.58. The fraction of sp³-hybridized carbons (Fsp3) is 0.294. The van der Waals surface area contributed by atoms with Gasteiger partial charge in [0.25, 0.3) is 0 Å². The van der Waals surface area contributed by atoms with Gasteiger partial charge in [-0.2, -0.15) is 0 Å². The van der Waals surface area contributed by atoms with Crippen LogP contribution in [0.3, 0.4) is 0 Å². The molecule has 1 atom stereocenters. The summed E-state index contributed by atoms with van der Waals surface area (Å²) in [7, 11) is 0. The zero-order valence-electron chi connectivity index (χ0n) is 11.6. The van der Waals surface area contributed by atoms with Crippen molar-refractivity contribution < 1.29 is 4.74 Å². The van der Waals surface area contributed by atoms with Gasteiger partial charge in [0.05, 0.1) is 6.61 Å². The Bertz CT molecular complexity index is 520. The molecular formula is C17H21NO. The molecule has 2 nitrogen and oxygen atoms in total. The van der Waals surface area contributed by atoms with Gasteiger partial charge >= 0.3 is 0 Å². The number of benzene rings is 2. The number of rotatable bonds is 5. The van der Waals surface area contributed by atoms with E-state index < -0.39 is 0 Å². The SMILES string of the molecule is CCOc1ccc(-c2ccccc2)cc1CC(C)N. The van der Waals surface area contributed by atoms with Crippen LogP contribution in [0.2, 0.25) is 0 Å². The fourth-order valence-electron chi connectivity index (χ4n) is 2.19. The summed E-state index contributed by atoms with van der Waals surface area (Å²) in [5, 5.41) is 0. The van der Waals surface area contributed by atoms with Crippen LogP contribution in [0.5, 0.6) is 5.75 Å². The average Bonchev–Trinajstić information content (AvgIpc) is 2.41. The zero-order valence-corrected chi connectivity index (χ0v) is 11.6. The van der Waals surface area contributed by atoms with E-state index in [0.717, 1.165) is 12.2 Å². The van der Waals surface area contributed by atoms with Crippen LogP contribution in [0.1, 0.15) is 19.4 Å². The summed E-state index contributed by atoms with van der Waals surface area (Å²) < 4.78 is 5.67.